The number of hydrogen-bond donors (Lipinski definition) is 0. The molecule has 1 unspecified atom stereocenters. The summed E-state index contributed by atoms with van der Waals surface area (Å²) >= 11 is 0. The van der Waals surface area contributed by atoms with Crippen LogP contribution in [0.25, 0.3) is 0 Å². The fraction of sp³-hybridized carbons (Fsp3) is 0.409. The molecule has 2 aromatic carbocycles. The van der Waals surface area contributed by atoms with E-state index in [1.165, 1.54) is 0 Å². The minimum absolute atomic E-state index is 0.294. The minimum atomic E-state index is -0.873. The van der Waals surface area contributed by atoms with E-state index in [0.717, 1.165) is 59.6 Å². The highest BCUT2D eigenvalue weighted by atomic mass is 16.6. The molecule has 27 heavy (non-hydrogen) atoms. The van der Waals surface area contributed by atoms with Crippen molar-refractivity contribution in [1.29, 1.82) is 0 Å². The number of benzene rings is 2. The maximum atomic E-state index is 13.0. The van der Waals surface area contributed by atoms with E-state index >= 15 is 0 Å². The molecule has 1 atom stereocenters. The van der Waals surface area contributed by atoms with E-state index in [1.807, 2.05) is 24.3 Å². The van der Waals surface area contributed by atoms with Gasteiger partial charge in [0, 0.05) is 30.2 Å². The van der Waals surface area contributed by atoms with Gasteiger partial charge in [0.05, 0.1) is 12.3 Å². The molecular weight excluding hydrogens is 342 g/mol. The van der Waals surface area contributed by atoms with Crippen LogP contribution in [-0.2, 0) is 16.8 Å². The van der Waals surface area contributed by atoms with Gasteiger partial charge in [-0.25, -0.2) is 4.79 Å². The number of amides is 1. The number of ether oxygens (including phenoxy) is 3. The van der Waals surface area contributed by atoms with Crippen molar-refractivity contribution < 1.29 is 19.0 Å². The average Bonchev–Trinajstić information content (AvgIpc) is 3.28. The summed E-state index contributed by atoms with van der Waals surface area (Å²) in [5.41, 5.74) is 3.14. The van der Waals surface area contributed by atoms with Gasteiger partial charge in [-0.15, -0.1) is 0 Å². The summed E-state index contributed by atoms with van der Waals surface area (Å²) in [4.78, 5) is 14.7. The van der Waals surface area contributed by atoms with Gasteiger partial charge in [0.2, 0.25) is 5.60 Å². The first-order valence-electron chi connectivity index (χ1n) is 9.76. The van der Waals surface area contributed by atoms with Gasteiger partial charge in [-0.2, -0.15) is 0 Å². The summed E-state index contributed by atoms with van der Waals surface area (Å²) in [5.74, 6) is 1.63. The highest BCUT2D eigenvalue weighted by molar-refractivity contribution is 5.92. The fourth-order valence-corrected chi connectivity index (χ4v) is 4.35. The van der Waals surface area contributed by atoms with Crippen LogP contribution in [0, 0.1) is 0 Å². The fourth-order valence-electron chi connectivity index (χ4n) is 4.35. The Balaban J connectivity index is 1.61. The molecule has 3 aliphatic heterocycles. The van der Waals surface area contributed by atoms with Crippen molar-refractivity contribution in [2.45, 2.75) is 38.2 Å². The largest absolute Gasteiger partial charge is 0.493 e. The summed E-state index contributed by atoms with van der Waals surface area (Å²) in [7, 11) is 0. The van der Waals surface area contributed by atoms with Crippen molar-refractivity contribution in [3.05, 3.63) is 53.1 Å². The van der Waals surface area contributed by atoms with Gasteiger partial charge in [0.15, 0.2) is 0 Å². The molecule has 5 rings (SSSR count). The molecular formula is C22H23NO4. The summed E-state index contributed by atoms with van der Waals surface area (Å²) in [6.07, 6.45) is 3.75. The predicted octanol–water partition coefficient (Wildman–Crippen LogP) is 4.40. The van der Waals surface area contributed by atoms with Crippen molar-refractivity contribution in [3.8, 4) is 11.5 Å². The SMILES string of the molecule is CCCCCN1C(=O)OC2(COc3cc4c(cc32)CCO4)c2ccccc21. The lowest BCUT2D eigenvalue weighted by Gasteiger charge is -2.39. The van der Waals surface area contributed by atoms with E-state index in [4.69, 9.17) is 14.2 Å². The molecule has 0 saturated carbocycles. The molecule has 0 N–H and O–H groups in total. The van der Waals surface area contributed by atoms with Crippen molar-refractivity contribution >= 4 is 11.8 Å². The van der Waals surface area contributed by atoms with Gasteiger partial charge in [0.1, 0.15) is 18.1 Å². The van der Waals surface area contributed by atoms with Crippen LogP contribution in [0.3, 0.4) is 0 Å². The maximum absolute atomic E-state index is 13.0. The molecule has 2 aromatic rings. The second-order valence-corrected chi connectivity index (χ2v) is 7.41. The molecule has 5 heteroatoms. The lowest BCUT2D eigenvalue weighted by atomic mass is 9.84. The normalized spacial score (nSPS) is 22.0. The zero-order valence-corrected chi connectivity index (χ0v) is 15.5. The molecule has 0 aromatic heterocycles. The minimum Gasteiger partial charge on any atom is -0.493 e. The smallest absolute Gasteiger partial charge is 0.415 e. The highest BCUT2D eigenvalue weighted by Gasteiger charge is 2.52. The number of hydrogen-bond acceptors (Lipinski definition) is 4. The lowest BCUT2D eigenvalue weighted by molar-refractivity contribution is 0.0222. The molecule has 140 valence electrons. The van der Waals surface area contributed by atoms with Crippen molar-refractivity contribution in [2.24, 2.45) is 0 Å². The summed E-state index contributed by atoms with van der Waals surface area (Å²) < 4.78 is 17.8. The first-order chi connectivity index (χ1) is 13.2. The molecule has 0 radical (unpaired) electrons. The molecule has 0 fully saturated rings. The van der Waals surface area contributed by atoms with Gasteiger partial charge in [-0.3, -0.25) is 4.90 Å². The Bertz CT molecular complexity index is 909. The van der Waals surface area contributed by atoms with Crippen LogP contribution in [0.2, 0.25) is 0 Å². The van der Waals surface area contributed by atoms with Gasteiger partial charge in [-0.1, -0.05) is 38.0 Å². The van der Waals surface area contributed by atoms with Gasteiger partial charge in [0.25, 0.3) is 0 Å². The third-order valence-electron chi connectivity index (χ3n) is 5.75. The molecule has 0 bridgehead atoms. The Morgan fingerprint density at radius 1 is 1.07 bits per heavy atom. The second-order valence-electron chi connectivity index (χ2n) is 7.41. The first-order valence-corrected chi connectivity index (χ1v) is 9.76. The summed E-state index contributed by atoms with van der Waals surface area (Å²) in [6.45, 7) is 3.82. The first kappa shape index (κ1) is 16.5. The van der Waals surface area contributed by atoms with Crippen LogP contribution >= 0.6 is 0 Å². The average molecular weight is 365 g/mol. The number of fused-ring (bicyclic) bond motifs is 5. The number of unbranched alkanes of at least 4 members (excludes halogenated alkanes) is 2. The van der Waals surface area contributed by atoms with E-state index in [9.17, 15) is 4.79 Å². The van der Waals surface area contributed by atoms with Crippen LogP contribution in [0.1, 0.15) is 42.9 Å². The monoisotopic (exact) mass is 365 g/mol. The number of carbonyl (C=O) groups is 1. The third kappa shape index (κ3) is 2.41. The van der Waals surface area contributed by atoms with E-state index in [2.05, 4.69) is 19.1 Å². The molecule has 3 heterocycles. The zero-order valence-electron chi connectivity index (χ0n) is 15.5. The predicted molar refractivity (Wildman–Crippen MR) is 102 cm³/mol. The van der Waals surface area contributed by atoms with Crippen molar-refractivity contribution in [1.82, 2.24) is 0 Å². The van der Waals surface area contributed by atoms with E-state index in [-0.39, 0.29) is 6.09 Å². The van der Waals surface area contributed by atoms with Crippen LogP contribution in [0.15, 0.2) is 36.4 Å². The highest BCUT2D eigenvalue weighted by Crippen LogP contribution is 2.52. The molecule has 3 aliphatic rings. The molecule has 0 aliphatic carbocycles. The second kappa shape index (κ2) is 6.19. The van der Waals surface area contributed by atoms with Crippen molar-refractivity contribution in [2.75, 3.05) is 24.7 Å². The standard InChI is InChI=1S/C22H23NO4/c1-2-3-6-10-23-18-8-5-4-7-16(18)22(27-21(23)24)14-26-20-13-19-15(9-11-25-19)12-17(20)22/h4-5,7-8,12-13H,2-3,6,9-11,14H2,1H3. The quantitative estimate of drug-likeness (QED) is 0.754. The van der Waals surface area contributed by atoms with Crippen LogP contribution in [0.5, 0.6) is 11.5 Å². The Morgan fingerprint density at radius 2 is 1.96 bits per heavy atom. The van der Waals surface area contributed by atoms with Crippen LogP contribution in [0.4, 0.5) is 10.5 Å². The van der Waals surface area contributed by atoms with Gasteiger partial charge >= 0.3 is 6.09 Å². The maximum Gasteiger partial charge on any atom is 0.415 e. The Labute approximate surface area is 158 Å². The van der Waals surface area contributed by atoms with E-state index in [0.29, 0.717) is 19.8 Å². The van der Waals surface area contributed by atoms with Crippen molar-refractivity contribution in [3.63, 3.8) is 0 Å². The van der Waals surface area contributed by atoms with E-state index < -0.39 is 5.60 Å². The topological polar surface area (TPSA) is 48.0 Å². The Hall–Kier alpha value is -2.69. The van der Waals surface area contributed by atoms with Crippen LogP contribution in [-0.4, -0.2) is 25.9 Å². The lowest BCUT2D eigenvalue weighted by Crippen LogP contribution is -2.48. The molecule has 5 nitrogen and oxygen atoms in total. The molecule has 1 spiro atoms. The van der Waals surface area contributed by atoms with Crippen LogP contribution < -0.4 is 14.4 Å². The number of nitrogens with zero attached hydrogens (tertiary/aromatic N) is 1. The Kier molecular flexibility index (Phi) is 3.78. The zero-order chi connectivity index (χ0) is 18.4. The third-order valence-corrected chi connectivity index (χ3v) is 5.75. The molecule has 1 amide bonds. The number of carbonyl (C=O) groups excluding carboxylic acids is 1. The van der Waals surface area contributed by atoms with Gasteiger partial charge < -0.3 is 14.2 Å². The summed E-state index contributed by atoms with van der Waals surface area (Å²) in [5, 5.41) is 0. The number of anilines is 1. The Morgan fingerprint density at radius 3 is 2.85 bits per heavy atom. The van der Waals surface area contributed by atoms with Gasteiger partial charge in [-0.05, 0) is 24.1 Å². The number of rotatable bonds is 4. The number of para-hydroxylation sites is 1. The summed E-state index contributed by atoms with van der Waals surface area (Å²) in [6, 6.07) is 12.1. The molecule has 0 saturated heterocycles. The van der Waals surface area contributed by atoms with E-state index in [1.54, 1.807) is 4.90 Å².